The molecule has 20 heavy (non-hydrogen) atoms. The summed E-state index contributed by atoms with van der Waals surface area (Å²) in [4.78, 5) is 12.5. The average molecular weight is 289 g/mol. The number of halogens is 1. The van der Waals surface area contributed by atoms with Gasteiger partial charge in [-0.1, -0.05) is 23.7 Å². The summed E-state index contributed by atoms with van der Waals surface area (Å²) in [5.74, 6) is 0.796. The molecule has 0 aliphatic carbocycles. The number of hydrogen-bond donors (Lipinski definition) is 0. The summed E-state index contributed by atoms with van der Waals surface area (Å²) >= 11 is 6.08. The molecule has 0 atom stereocenters. The molecule has 0 heterocycles. The van der Waals surface area contributed by atoms with Gasteiger partial charge in [-0.05, 0) is 55.7 Å². The lowest BCUT2D eigenvalue weighted by atomic mass is 9.98. The largest absolute Gasteiger partial charge is 0.496 e. The predicted octanol–water partition coefficient (Wildman–Crippen LogP) is 4.50. The molecule has 2 nitrogen and oxygen atoms in total. The van der Waals surface area contributed by atoms with Crippen molar-refractivity contribution >= 4 is 17.4 Å². The van der Waals surface area contributed by atoms with Gasteiger partial charge >= 0.3 is 0 Å². The van der Waals surface area contributed by atoms with Crippen LogP contribution in [-0.4, -0.2) is 12.9 Å². The molecule has 0 spiro atoms. The minimum Gasteiger partial charge on any atom is -0.496 e. The fraction of sp³-hybridized carbons (Fsp3) is 0.235. The Morgan fingerprint density at radius 2 is 1.55 bits per heavy atom. The van der Waals surface area contributed by atoms with Gasteiger partial charge in [-0.2, -0.15) is 0 Å². The van der Waals surface area contributed by atoms with Crippen LogP contribution in [0.2, 0.25) is 5.02 Å². The molecular formula is C17H17ClO2. The van der Waals surface area contributed by atoms with Crippen LogP contribution in [0.5, 0.6) is 5.75 Å². The van der Waals surface area contributed by atoms with Crippen molar-refractivity contribution in [3.05, 3.63) is 63.2 Å². The summed E-state index contributed by atoms with van der Waals surface area (Å²) in [6.45, 7) is 5.79. The van der Waals surface area contributed by atoms with Crippen LogP contribution in [0.25, 0.3) is 0 Å². The first-order valence-corrected chi connectivity index (χ1v) is 6.78. The van der Waals surface area contributed by atoms with Crippen molar-refractivity contribution in [3.63, 3.8) is 0 Å². The first-order chi connectivity index (χ1) is 9.43. The molecule has 104 valence electrons. The van der Waals surface area contributed by atoms with Crippen molar-refractivity contribution in [1.29, 1.82) is 0 Å². The monoisotopic (exact) mass is 288 g/mol. The number of benzene rings is 2. The van der Waals surface area contributed by atoms with E-state index in [4.69, 9.17) is 16.3 Å². The molecule has 0 saturated carbocycles. The summed E-state index contributed by atoms with van der Waals surface area (Å²) in [5, 5.41) is 0.609. The third-order valence-corrected chi connectivity index (χ3v) is 3.77. The van der Waals surface area contributed by atoms with Crippen LogP contribution < -0.4 is 4.74 Å². The van der Waals surface area contributed by atoms with Crippen molar-refractivity contribution in [2.45, 2.75) is 20.8 Å². The molecule has 0 aliphatic rings. The zero-order chi connectivity index (χ0) is 14.9. The Hall–Kier alpha value is -1.80. The Labute approximate surface area is 124 Å². The highest BCUT2D eigenvalue weighted by Crippen LogP contribution is 2.26. The Balaban J connectivity index is 2.45. The maximum atomic E-state index is 12.5. The number of rotatable bonds is 3. The highest BCUT2D eigenvalue weighted by molar-refractivity contribution is 6.31. The minimum atomic E-state index is -0.0271. The summed E-state index contributed by atoms with van der Waals surface area (Å²) in [7, 11) is 1.64. The van der Waals surface area contributed by atoms with Crippen LogP contribution in [0.4, 0.5) is 0 Å². The molecule has 0 amide bonds. The third-order valence-electron chi connectivity index (χ3n) is 3.36. The summed E-state index contributed by atoms with van der Waals surface area (Å²) in [6, 6.07) is 9.08. The van der Waals surface area contributed by atoms with E-state index in [1.807, 2.05) is 39.0 Å². The van der Waals surface area contributed by atoms with Gasteiger partial charge in [0.1, 0.15) is 5.75 Å². The summed E-state index contributed by atoms with van der Waals surface area (Å²) < 4.78 is 5.32. The fourth-order valence-corrected chi connectivity index (χ4v) is 2.48. The van der Waals surface area contributed by atoms with Gasteiger partial charge in [-0.3, -0.25) is 4.79 Å². The molecule has 0 bridgehead atoms. The first kappa shape index (κ1) is 14.6. The van der Waals surface area contributed by atoms with E-state index in [2.05, 4.69) is 0 Å². The second kappa shape index (κ2) is 5.68. The molecule has 3 heteroatoms. The second-order valence-electron chi connectivity index (χ2n) is 4.94. The maximum Gasteiger partial charge on any atom is 0.193 e. The SMILES string of the molecule is COc1c(C)cc(C(=O)c2ccc(C)c(Cl)c2)cc1C. The van der Waals surface area contributed by atoms with Gasteiger partial charge in [0, 0.05) is 16.1 Å². The zero-order valence-electron chi connectivity index (χ0n) is 12.1. The van der Waals surface area contributed by atoms with Crippen molar-refractivity contribution in [2.24, 2.45) is 0 Å². The second-order valence-corrected chi connectivity index (χ2v) is 5.34. The van der Waals surface area contributed by atoms with Gasteiger partial charge in [-0.15, -0.1) is 0 Å². The smallest absolute Gasteiger partial charge is 0.193 e. The minimum absolute atomic E-state index is 0.0271. The third kappa shape index (κ3) is 2.70. The van der Waals surface area contributed by atoms with Crippen molar-refractivity contribution in [2.75, 3.05) is 7.11 Å². The van der Waals surface area contributed by atoms with Crippen LogP contribution in [0, 0.1) is 20.8 Å². The van der Waals surface area contributed by atoms with E-state index in [1.54, 1.807) is 19.2 Å². The Morgan fingerprint density at radius 3 is 2.05 bits per heavy atom. The molecular weight excluding hydrogens is 272 g/mol. The van der Waals surface area contributed by atoms with E-state index in [9.17, 15) is 4.79 Å². The van der Waals surface area contributed by atoms with Gasteiger partial charge in [0.2, 0.25) is 0 Å². The normalized spacial score (nSPS) is 10.4. The average Bonchev–Trinajstić information content (AvgIpc) is 2.40. The van der Waals surface area contributed by atoms with Gasteiger partial charge in [-0.25, -0.2) is 0 Å². The Bertz CT molecular complexity index is 652. The molecule has 0 saturated heterocycles. The predicted molar refractivity (Wildman–Crippen MR) is 82.1 cm³/mol. The Kier molecular flexibility index (Phi) is 4.15. The number of ketones is 1. The van der Waals surface area contributed by atoms with Crippen molar-refractivity contribution < 1.29 is 9.53 Å². The Morgan fingerprint density at radius 1 is 0.950 bits per heavy atom. The molecule has 0 aromatic heterocycles. The summed E-state index contributed by atoms with van der Waals surface area (Å²) in [5.41, 5.74) is 4.12. The van der Waals surface area contributed by atoms with E-state index >= 15 is 0 Å². The quantitative estimate of drug-likeness (QED) is 0.777. The summed E-state index contributed by atoms with van der Waals surface area (Å²) in [6.07, 6.45) is 0. The van der Waals surface area contributed by atoms with Crippen molar-refractivity contribution in [3.8, 4) is 5.75 Å². The zero-order valence-corrected chi connectivity index (χ0v) is 12.8. The van der Waals surface area contributed by atoms with Gasteiger partial charge in [0.25, 0.3) is 0 Å². The first-order valence-electron chi connectivity index (χ1n) is 6.40. The molecule has 0 radical (unpaired) electrons. The van der Waals surface area contributed by atoms with Crippen molar-refractivity contribution in [1.82, 2.24) is 0 Å². The van der Waals surface area contributed by atoms with Gasteiger partial charge < -0.3 is 4.74 Å². The van der Waals surface area contributed by atoms with Gasteiger partial charge in [0.05, 0.1) is 7.11 Å². The molecule has 2 aromatic carbocycles. The van der Waals surface area contributed by atoms with Crippen LogP contribution in [-0.2, 0) is 0 Å². The lowest BCUT2D eigenvalue weighted by molar-refractivity contribution is 0.103. The number of hydrogen-bond acceptors (Lipinski definition) is 2. The maximum absolute atomic E-state index is 12.5. The highest BCUT2D eigenvalue weighted by atomic mass is 35.5. The number of carbonyl (C=O) groups is 1. The lowest BCUT2D eigenvalue weighted by Crippen LogP contribution is -2.04. The standard InChI is InChI=1S/C17H17ClO2/c1-10-5-6-13(9-15(10)18)16(19)14-7-11(2)17(20-4)12(3)8-14/h5-9H,1-4H3. The molecule has 0 fully saturated rings. The number of carbonyl (C=O) groups excluding carboxylic acids is 1. The van der Waals surface area contributed by atoms with E-state index in [0.717, 1.165) is 22.4 Å². The highest BCUT2D eigenvalue weighted by Gasteiger charge is 2.14. The number of aryl methyl sites for hydroxylation is 3. The molecule has 0 N–H and O–H groups in total. The number of ether oxygens (including phenoxy) is 1. The lowest BCUT2D eigenvalue weighted by Gasteiger charge is -2.11. The topological polar surface area (TPSA) is 26.3 Å². The molecule has 0 unspecified atom stereocenters. The molecule has 2 rings (SSSR count). The van der Waals surface area contributed by atoms with Crippen LogP contribution in [0.15, 0.2) is 30.3 Å². The number of methoxy groups -OCH3 is 1. The van der Waals surface area contributed by atoms with E-state index in [-0.39, 0.29) is 5.78 Å². The van der Waals surface area contributed by atoms with Crippen LogP contribution in [0.1, 0.15) is 32.6 Å². The van der Waals surface area contributed by atoms with Gasteiger partial charge in [0.15, 0.2) is 5.78 Å². The van der Waals surface area contributed by atoms with Crippen LogP contribution >= 0.6 is 11.6 Å². The fourth-order valence-electron chi connectivity index (χ4n) is 2.30. The van der Waals surface area contributed by atoms with E-state index in [1.165, 1.54) is 0 Å². The molecule has 2 aromatic rings. The van der Waals surface area contributed by atoms with Crippen LogP contribution in [0.3, 0.4) is 0 Å². The van der Waals surface area contributed by atoms with E-state index < -0.39 is 0 Å². The molecule has 0 aliphatic heterocycles. The van der Waals surface area contributed by atoms with E-state index in [0.29, 0.717) is 16.1 Å².